The van der Waals surface area contributed by atoms with E-state index in [1.807, 2.05) is 42.2 Å². The van der Waals surface area contributed by atoms with Crippen molar-refractivity contribution in [3.63, 3.8) is 0 Å². The van der Waals surface area contributed by atoms with Crippen molar-refractivity contribution in [2.75, 3.05) is 38.2 Å². The van der Waals surface area contributed by atoms with Gasteiger partial charge in [0, 0.05) is 25.4 Å². The number of benzene rings is 1. The van der Waals surface area contributed by atoms with Crippen LogP contribution in [0, 0.1) is 0 Å². The smallest absolute Gasteiger partial charge is 0.321 e. The quantitative estimate of drug-likeness (QED) is 0.820. The van der Waals surface area contributed by atoms with E-state index >= 15 is 0 Å². The van der Waals surface area contributed by atoms with Gasteiger partial charge in [-0.15, -0.1) is 0 Å². The standard InChI is InChI=1S/C16H24N2O3/c1-2-20-11-12-21-15-9-6-10-18(13-15)16(19)17-14-7-4-3-5-8-14/h3-5,7-8,15H,2,6,9-13H2,1H3,(H,17,19). The number of likely N-dealkylation sites (tertiary alicyclic amines) is 1. The lowest BCUT2D eigenvalue weighted by molar-refractivity contribution is -0.0181. The molecule has 116 valence electrons. The third kappa shape index (κ3) is 5.36. The Morgan fingerprint density at radius 3 is 2.90 bits per heavy atom. The van der Waals surface area contributed by atoms with Gasteiger partial charge in [0.1, 0.15) is 0 Å². The molecule has 5 heteroatoms. The van der Waals surface area contributed by atoms with Gasteiger partial charge in [0.15, 0.2) is 0 Å². The molecule has 0 saturated carbocycles. The minimum absolute atomic E-state index is 0.0562. The van der Waals surface area contributed by atoms with Crippen LogP contribution in [0.15, 0.2) is 30.3 Å². The highest BCUT2D eigenvalue weighted by molar-refractivity contribution is 5.89. The maximum Gasteiger partial charge on any atom is 0.321 e. The number of nitrogens with zero attached hydrogens (tertiary/aromatic N) is 1. The molecule has 1 saturated heterocycles. The van der Waals surface area contributed by atoms with Gasteiger partial charge in [-0.25, -0.2) is 4.79 Å². The monoisotopic (exact) mass is 292 g/mol. The molecule has 1 aliphatic rings. The van der Waals surface area contributed by atoms with Crippen LogP contribution in [-0.2, 0) is 9.47 Å². The molecular weight excluding hydrogens is 268 g/mol. The van der Waals surface area contributed by atoms with E-state index in [0.717, 1.165) is 25.1 Å². The van der Waals surface area contributed by atoms with Crippen LogP contribution >= 0.6 is 0 Å². The van der Waals surface area contributed by atoms with Crippen molar-refractivity contribution < 1.29 is 14.3 Å². The fourth-order valence-electron chi connectivity index (χ4n) is 2.40. The van der Waals surface area contributed by atoms with E-state index in [1.165, 1.54) is 0 Å². The molecule has 21 heavy (non-hydrogen) atoms. The SMILES string of the molecule is CCOCCOC1CCCN(C(=O)Nc2ccccc2)C1. The Balaban J connectivity index is 1.76. The molecular formula is C16H24N2O3. The van der Waals surface area contributed by atoms with Crippen LogP contribution in [0.4, 0.5) is 10.5 Å². The van der Waals surface area contributed by atoms with Crippen LogP contribution in [-0.4, -0.2) is 49.9 Å². The molecule has 1 atom stereocenters. The molecule has 1 N–H and O–H groups in total. The van der Waals surface area contributed by atoms with E-state index in [9.17, 15) is 4.79 Å². The highest BCUT2D eigenvalue weighted by Gasteiger charge is 2.24. The van der Waals surface area contributed by atoms with Crippen molar-refractivity contribution >= 4 is 11.7 Å². The van der Waals surface area contributed by atoms with E-state index < -0.39 is 0 Å². The molecule has 2 amide bonds. The van der Waals surface area contributed by atoms with E-state index in [1.54, 1.807) is 0 Å². The van der Waals surface area contributed by atoms with Gasteiger partial charge in [0.25, 0.3) is 0 Å². The number of carbonyl (C=O) groups excluding carboxylic acids is 1. The fraction of sp³-hybridized carbons (Fsp3) is 0.562. The van der Waals surface area contributed by atoms with Crippen LogP contribution < -0.4 is 5.32 Å². The molecule has 1 heterocycles. The molecule has 1 aromatic carbocycles. The first-order valence-corrected chi connectivity index (χ1v) is 7.60. The maximum absolute atomic E-state index is 12.2. The zero-order valence-corrected chi connectivity index (χ0v) is 12.6. The van der Waals surface area contributed by atoms with Crippen LogP contribution in [0.2, 0.25) is 0 Å². The van der Waals surface area contributed by atoms with Gasteiger partial charge in [-0.05, 0) is 31.9 Å². The first-order valence-electron chi connectivity index (χ1n) is 7.60. The number of anilines is 1. The summed E-state index contributed by atoms with van der Waals surface area (Å²) < 4.78 is 11.0. The minimum atomic E-state index is -0.0562. The number of piperidine rings is 1. The summed E-state index contributed by atoms with van der Waals surface area (Å²) in [5, 5.41) is 2.92. The largest absolute Gasteiger partial charge is 0.379 e. The van der Waals surface area contributed by atoms with Gasteiger partial charge >= 0.3 is 6.03 Å². The van der Waals surface area contributed by atoms with Crippen LogP contribution in [0.5, 0.6) is 0 Å². The summed E-state index contributed by atoms with van der Waals surface area (Å²) in [5.74, 6) is 0. The molecule has 2 rings (SSSR count). The summed E-state index contributed by atoms with van der Waals surface area (Å²) in [4.78, 5) is 14.0. The second-order valence-corrected chi connectivity index (χ2v) is 5.07. The molecule has 1 fully saturated rings. The van der Waals surface area contributed by atoms with E-state index in [4.69, 9.17) is 9.47 Å². The van der Waals surface area contributed by atoms with Gasteiger partial charge < -0.3 is 19.7 Å². The number of rotatable bonds is 6. The number of para-hydroxylation sites is 1. The summed E-state index contributed by atoms with van der Waals surface area (Å²) in [5.41, 5.74) is 0.821. The predicted molar refractivity (Wildman–Crippen MR) is 82.5 cm³/mol. The second kappa shape index (κ2) is 8.64. The number of hydrogen-bond acceptors (Lipinski definition) is 3. The van der Waals surface area contributed by atoms with E-state index in [0.29, 0.717) is 26.4 Å². The summed E-state index contributed by atoms with van der Waals surface area (Å²) in [6.07, 6.45) is 2.09. The number of carbonyl (C=O) groups is 1. The number of amides is 2. The Hall–Kier alpha value is -1.59. The Labute approximate surface area is 126 Å². The van der Waals surface area contributed by atoms with Crippen LogP contribution in [0.3, 0.4) is 0 Å². The topological polar surface area (TPSA) is 50.8 Å². The first kappa shape index (κ1) is 15.8. The van der Waals surface area contributed by atoms with Crippen molar-refractivity contribution in [3.8, 4) is 0 Å². The van der Waals surface area contributed by atoms with E-state index in [2.05, 4.69) is 5.32 Å². The molecule has 0 aliphatic carbocycles. The number of nitrogens with one attached hydrogen (secondary N) is 1. The zero-order valence-electron chi connectivity index (χ0n) is 12.6. The average Bonchev–Trinajstić information content (AvgIpc) is 2.53. The highest BCUT2D eigenvalue weighted by Crippen LogP contribution is 2.15. The number of hydrogen-bond donors (Lipinski definition) is 1. The van der Waals surface area contributed by atoms with E-state index in [-0.39, 0.29) is 12.1 Å². The van der Waals surface area contributed by atoms with Crippen molar-refractivity contribution in [2.45, 2.75) is 25.9 Å². The number of urea groups is 1. The lowest BCUT2D eigenvalue weighted by Crippen LogP contribution is -2.45. The van der Waals surface area contributed by atoms with Gasteiger partial charge in [-0.1, -0.05) is 18.2 Å². The van der Waals surface area contributed by atoms with Crippen LogP contribution in [0.25, 0.3) is 0 Å². The molecule has 5 nitrogen and oxygen atoms in total. The summed E-state index contributed by atoms with van der Waals surface area (Å²) in [6, 6.07) is 9.46. The van der Waals surface area contributed by atoms with Gasteiger partial charge in [0.05, 0.1) is 19.3 Å². The zero-order chi connectivity index (χ0) is 14.9. The Morgan fingerprint density at radius 1 is 1.33 bits per heavy atom. The molecule has 1 aromatic rings. The molecule has 1 unspecified atom stereocenters. The lowest BCUT2D eigenvalue weighted by Gasteiger charge is -2.32. The Bertz CT molecular complexity index is 425. The number of ether oxygens (including phenoxy) is 2. The molecule has 0 radical (unpaired) electrons. The summed E-state index contributed by atoms with van der Waals surface area (Å²) in [7, 11) is 0. The average molecular weight is 292 g/mol. The predicted octanol–water partition coefficient (Wildman–Crippen LogP) is 2.74. The van der Waals surface area contributed by atoms with Gasteiger partial charge in [0.2, 0.25) is 0 Å². The molecule has 0 spiro atoms. The second-order valence-electron chi connectivity index (χ2n) is 5.07. The normalized spacial score (nSPS) is 18.5. The fourth-order valence-corrected chi connectivity index (χ4v) is 2.40. The van der Waals surface area contributed by atoms with Crippen molar-refractivity contribution in [3.05, 3.63) is 30.3 Å². The summed E-state index contributed by atoms with van der Waals surface area (Å²) >= 11 is 0. The highest BCUT2D eigenvalue weighted by atomic mass is 16.5. The van der Waals surface area contributed by atoms with Crippen molar-refractivity contribution in [1.29, 1.82) is 0 Å². The first-order chi connectivity index (χ1) is 10.3. The van der Waals surface area contributed by atoms with Crippen molar-refractivity contribution in [2.24, 2.45) is 0 Å². The lowest BCUT2D eigenvalue weighted by atomic mass is 10.1. The molecule has 0 aromatic heterocycles. The Morgan fingerprint density at radius 2 is 2.14 bits per heavy atom. The molecule has 1 aliphatic heterocycles. The third-order valence-electron chi connectivity index (χ3n) is 3.48. The minimum Gasteiger partial charge on any atom is -0.379 e. The van der Waals surface area contributed by atoms with Gasteiger partial charge in [-0.3, -0.25) is 0 Å². The Kier molecular flexibility index (Phi) is 6.50. The van der Waals surface area contributed by atoms with Crippen molar-refractivity contribution in [1.82, 2.24) is 4.90 Å². The van der Waals surface area contributed by atoms with Crippen LogP contribution in [0.1, 0.15) is 19.8 Å². The van der Waals surface area contributed by atoms with Gasteiger partial charge in [-0.2, -0.15) is 0 Å². The summed E-state index contributed by atoms with van der Waals surface area (Å²) in [6.45, 7) is 5.31. The molecule has 0 bridgehead atoms. The third-order valence-corrected chi connectivity index (χ3v) is 3.48. The maximum atomic E-state index is 12.2.